The van der Waals surface area contributed by atoms with E-state index >= 15 is 0 Å². The maximum Gasteiger partial charge on any atom is 0.220 e. The van der Waals surface area contributed by atoms with Gasteiger partial charge < -0.3 is 65.1 Å². The summed E-state index contributed by atoms with van der Waals surface area (Å²) in [6.07, 6.45) is 45.0. The highest BCUT2D eigenvalue weighted by Gasteiger charge is 2.51. The zero-order chi connectivity index (χ0) is 53.9. The minimum Gasteiger partial charge on any atom is -0.394 e. The Morgan fingerprint density at radius 2 is 0.959 bits per heavy atom. The molecule has 0 spiro atoms. The third kappa shape index (κ3) is 30.6. The number of rotatable bonds is 43. The van der Waals surface area contributed by atoms with Crippen LogP contribution in [0.3, 0.4) is 0 Å². The number of carbonyl (C=O) groups excluding carboxylic acids is 1. The van der Waals surface area contributed by atoms with E-state index in [1.807, 2.05) is 19.1 Å². The first-order chi connectivity index (χ1) is 36.1. The van der Waals surface area contributed by atoms with Crippen molar-refractivity contribution in [2.45, 2.75) is 254 Å². The number of aliphatic hydroxyl groups excluding tert-OH is 8. The average Bonchev–Trinajstić information content (AvgIpc) is 3.40. The monoisotopic (exact) mass is 1040 g/mol. The number of ether oxygens (including phenoxy) is 4. The molecule has 0 bridgehead atoms. The van der Waals surface area contributed by atoms with Crippen LogP contribution in [0.1, 0.15) is 181 Å². The summed E-state index contributed by atoms with van der Waals surface area (Å²) in [5.41, 5.74) is 0. The summed E-state index contributed by atoms with van der Waals surface area (Å²) in [5.74, 6) is -0.261. The van der Waals surface area contributed by atoms with Gasteiger partial charge in [0.25, 0.3) is 0 Å². The molecule has 0 aromatic heterocycles. The van der Waals surface area contributed by atoms with Gasteiger partial charge in [-0.2, -0.15) is 0 Å². The van der Waals surface area contributed by atoms with Crippen LogP contribution in [0.2, 0.25) is 0 Å². The molecule has 2 fully saturated rings. The molecule has 1 amide bonds. The van der Waals surface area contributed by atoms with Gasteiger partial charge in [0, 0.05) is 6.42 Å². The van der Waals surface area contributed by atoms with Crippen LogP contribution in [0.4, 0.5) is 0 Å². The number of carbonyl (C=O) groups is 1. The lowest BCUT2D eigenvalue weighted by atomic mass is 9.97. The summed E-state index contributed by atoms with van der Waals surface area (Å²) in [4.78, 5) is 13.2. The predicted molar refractivity (Wildman–Crippen MR) is 295 cm³/mol. The van der Waals surface area contributed by atoms with Crippen molar-refractivity contribution in [3.63, 3.8) is 0 Å². The Labute approximate surface area is 445 Å². The number of aliphatic hydroxyl groups is 8. The minimum atomic E-state index is -1.79. The molecule has 74 heavy (non-hydrogen) atoms. The molecule has 0 saturated carbocycles. The van der Waals surface area contributed by atoms with Crippen LogP contribution in [0.25, 0.3) is 0 Å². The fraction of sp³-hybridized carbons (Fsp3) is 0.717. The van der Waals surface area contributed by atoms with E-state index in [-0.39, 0.29) is 18.9 Å². The molecule has 0 aromatic carbocycles. The summed E-state index contributed by atoms with van der Waals surface area (Å²) < 4.78 is 22.6. The normalized spacial score (nSPS) is 26.0. The molecular weight excluding hydrogens is 943 g/mol. The van der Waals surface area contributed by atoms with Gasteiger partial charge in [0.1, 0.15) is 48.8 Å². The van der Waals surface area contributed by atoms with E-state index in [1.54, 1.807) is 6.08 Å². The molecule has 12 unspecified atom stereocenters. The fourth-order valence-corrected chi connectivity index (χ4v) is 8.77. The Balaban J connectivity index is 1.64. The van der Waals surface area contributed by atoms with E-state index in [4.69, 9.17) is 18.9 Å². The van der Waals surface area contributed by atoms with Crippen molar-refractivity contribution < 1.29 is 64.6 Å². The first-order valence-corrected chi connectivity index (χ1v) is 28.4. The van der Waals surface area contributed by atoms with Crippen LogP contribution in [0, 0.1) is 0 Å². The van der Waals surface area contributed by atoms with Crippen LogP contribution < -0.4 is 5.32 Å². The van der Waals surface area contributed by atoms with E-state index in [1.165, 1.54) is 77.0 Å². The van der Waals surface area contributed by atoms with Gasteiger partial charge in [-0.05, 0) is 84.0 Å². The van der Waals surface area contributed by atoms with Crippen molar-refractivity contribution in [2.75, 3.05) is 19.8 Å². The van der Waals surface area contributed by atoms with Gasteiger partial charge in [-0.3, -0.25) is 4.79 Å². The Kier molecular flexibility index (Phi) is 40.7. The molecule has 0 aliphatic carbocycles. The Bertz CT molecular complexity index is 1610. The molecule has 2 aliphatic heterocycles. The third-order valence-corrected chi connectivity index (χ3v) is 13.3. The second-order valence-electron chi connectivity index (χ2n) is 19.7. The molecule has 0 aromatic rings. The SMILES string of the molecule is C/C=C/CC/C=C/CC/C=C/C(O)C(COC1OC(CO)C(OC2OC(CO)C(O)C(O)C2O)C(O)C1O)NC(=O)CCCCCCCCCCCCCCCCC/C=C\C/C=C\C/C=C\C/C=C\C/C=C\CC. The van der Waals surface area contributed by atoms with Crippen molar-refractivity contribution in [1.29, 1.82) is 0 Å². The molecule has 424 valence electrons. The molecule has 9 N–H and O–H groups in total. The van der Waals surface area contributed by atoms with Crippen molar-refractivity contribution in [3.8, 4) is 0 Å². The summed E-state index contributed by atoms with van der Waals surface area (Å²) in [7, 11) is 0. The van der Waals surface area contributed by atoms with Crippen molar-refractivity contribution in [2.24, 2.45) is 0 Å². The van der Waals surface area contributed by atoms with E-state index in [0.29, 0.717) is 12.8 Å². The first kappa shape index (κ1) is 67.0. The third-order valence-electron chi connectivity index (χ3n) is 13.3. The van der Waals surface area contributed by atoms with E-state index < -0.39 is 86.8 Å². The average molecular weight is 1040 g/mol. The van der Waals surface area contributed by atoms with E-state index in [0.717, 1.165) is 70.6 Å². The number of unbranched alkanes of at least 4 members (excludes halogenated alkanes) is 17. The van der Waals surface area contributed by atoms with Gasteiger partial charge in [-0.15, -0.1) is 0 Å². The standard InChI is InChI=1S/C60H101NO13/c1-3-5-7-9-11-13-14-15-16-17-18-19-20-21-22-23-24-25-26-27-28-29-30-31-32-33-34-36-38-40-42-44-52(65)61-48(49(64)43-41-39-37-35-12-10-8-6-4-2)47-71-59-57(70)55(68)58(51(46-63)73-59)74-60-56(69)54(67)53(66)50(45-62)72-60/h4-7,11-13,15-16,18-19,21-22,35,41,43,48-51,53-60,62-64,66-70H,3,8-10,14,17,20,23-34,36-40,42,44-47H2,1-2H3,(H,61,65)/b6-4+,7-5-,13-11-,16-15-,19-18-,22-21-,35-12+,43-41+. The Morgan fingerprint density at radius 3 is 1.49 bits per heavy atom. The van der Waals surface area contributed by atoms with Gasteiger partial charge in [0.05, 0.1) is 32.0 Å². The zero-order valence-corrected chi connectivity index (χ0v) is 45.3. The Morgan fingerprint density at radius 1 is 0.514 bits per heavy atom. The van der Waals surface area contributed by atoms with Crippen molar-refractivity contribution in [1.82, 2.24) is 5.32 Å². The number of nitrogens with one attached hydrogen (secondary N) is 1. The van der Waals surface area contributed by atoms with Gasteiger partial charge >= 0.3 is 0 Å². The molecule has 0 radical (unpaired) electrons. The van der Waals surface area contributed by atoms with Crippen LogP contribution in [0.15, 0.2) is 97.2 Å². The summed E-state index contributed by atoms with van der Waals surface area (Å²) in [6, 6.07) is -0.940. The van der Waals surface area contributed by atoms with Crippen molar-refractivity contribution in [3.05, 3.63) is 97.2 Å². The van der Waals surface area contributed by atoms with Crippen LogP contribution in [0.5, 0.6) is 0 Å². The smallest absolute Gasteiger partial charge is 0.220 e. The maximum atomic E-state index is 13.2. The molecule has 14 nitrogen and oxygen atoms in total. The topological polar surface area (TPSA) is 228 Å². The number of hydrogen-bond acceptors (Lipinski definition) is 13. The highest BCUT2D eigenvalue weighted by atomic mass is 16.7. The molecule has 2 heterocycles. The number of allylic oxidation sites excluding steroid dienone is 15. The van der Waals surface area contributed by atoms with E-state index in [9.17, 15) is 45.6 Å². The fourth-order valence-electron chi connectivity index (χ4n) is 8.77. The van der Waals surface area contributed by atoms with Gasteiger partial charge in [0.15, 0.2) is 12.6 Å². The highest BCUT2D eigenvalue weighted by Crippen LogP contribution is 2.30. The lowest BCUT2D eigenvalue weighted by Crippen LogP contribution is -2.65. The minimum absolute atomic E-state index is 0.261. The van der Waals surface area contributed by atoms with Crippen LogP contribution in [-0.2, 0) is 23.7 Å². The molecule has 12 atom stereocenters. The van der Waals surface area contributed by atoms with E-state index in [2.05, 4.69) is 91.2 Å². The molecular formula is C60H101NO13. The maximum absolute atomic E-state index is 13.2. The first-order valence-electron chi connectivity index (χ1n) is 28.4. The molecule has 2 rings (SSSR count). The zero-order valence-electron chi connectivity index (χ0n) is 45.3. The second-order valence-corrected chi connectivity index (χ2v) is 19.7. The Hall–Kier alpha value is -3.09. The van der Waals surface area contributed by atoms with Gasteiger partial charge in [0.2, 0.25) is 5.91 Å². The van der Waals surface area contributed by atoms with Gasteiger partial charge in [-0.25, -0.2) is 0 Å². The summed E-state index contributed by atoms with van der Waals surface area (Å²) >= 11 is 0. The quantitative estimate of drug-likeness (QED) is 0.0205. The lowest BCUT2D eigenvalue weighted by molar-refractivity contribution is -0.359. The molecule has 2 aliphatic rings. The molecule has 14 heteroatoms. The summed E-state index contributed by atoms with van der Waals surface area (Å²) in [6.45, 7) is 2.39. The number of amides is 1. The van der Waals surface area contributed by atoms with Gasteiger partial charge in [-0.1, -0.05) is 188 Å². The number of hydrogen-bond donors (Lipinski definition) is 9. The second kappa shape index (κ2) is 45.0. The summed E-state index contributed by atoms with van der Waals surface area (Å²) in [5, 5.41) is 86.7. The van der Waals surface area contributed by atoms with Crippen LogP contribution in [-0.4, -0.2) is 140 Å². The largest absolute Gasteiger partial charge is 0.394 e. The highest BCUT2D eigenvalue weighted by molar-refractivity contribution is 5.76. The molecule has 2 saturated heterocycles. The van der Waals surface area contributed by atoms with Crippen LogP contribution >= 0.6 is 0 Å². The van der Waals surface area contributed by atoms with Crippen molar-refractivity contribution >= 4 is 5.91 Å². The predicted octanol–water partition coefficient (Wildman–Crippen LogP) is 9.10. The lowest BCUT2D eigenvalue weighted by Gasteiger charge is -2.46.